The van der Waals surface area contributed by atoms with Gasteiger partial charge in [-0.05, 0) is 71.3 Å². The highest BCUT2D eigenvalue weighted by Gasteiger charge is 2.31. The van der Waals surface area contributed by atoms with Gasteiger partial charge in [0.25, 0.3) is 0 Å². The number of piperazine rings is 1. The van der Waals surface area contributed by atoms with Crippen LogP contribution in [0.5, 0.6) is 11.5 Å². The van der Waals surface area contributed by atoms with Gasteiger partial charge >= 0.3 is 5.97 Å². The molecule has 8 rings (SSSR count). The number of aliphatic hydroxyl groups excluding tert-OH is 1. The fourth-order valence-electron chi connectivity index (χ4n) is 7.01. The summed E-state index contributed by atoms with van der Waals surface area (Å²) in [7, 11) is 0. The molecule has 4 heterocycles. The average molecular weight is 804 g/mol. The highest BCUT2D eigenvalue weighted by Crippen LogP contribution is 2.42. The Morgan fingerprint density at radius 2 is 1.64 bits per heavy atom. The molecular weight excluding hydrogens is 770 g/mol. The maximum atomic E-state index is 14.0. The van der Waals surface area contributed by atoms with E-state index < -0.39 is 12.0 Å². The second-order valence-electron chi connectivity index (χ2n) is 13.6. The summed E-state index contributed by atoms with van der Waals surface area (Å²) >= 11 is 6.37. The van der Waals surface area contributed by atoms with Crippen LogP contribution in [0.1, 0.15) is 27.7 Å². The predicted octanol–water partition coefficient (Wildman–Crippen LogP) is 4.52. The molecule has 0 radical (unpaired) electrons. The summed E-state index contributed by atoms with van der Waals surface area (Å²) in [6.45, 7) is 1.26. The Morgan fingerprint density at radius 1 is 0.879 bits per heavy atom. The van der Waals surface area contributed by atoms with Gasteiger partial charge in [0, 0.05) is 86.2 Å². The molecule has 0 unspecified atom stereocenters. The van der Waals surface area contributed by atoms with Gasteiger partial charge in [0.15, 0.2) is 5.43 Å². The van der Waals surface area contributed by atoms with Gasteiger partial charge < -0.3 is 40.0 Å². The first-order chi connectivity index (χ1) is 28.0. The van der Waals surface area contributed by atoms with Crippen molar-refractivity contribution < 1.29 is 34.4 Å². The van der Waals surface area contributed by atoms with Crippen LogP contribution in [0.3, 0.4) is 0 Å². The lowest BCUT2D eigenvalue weighted by Gasteiger charge is -2.36. The number of phenols is 2. The number of amides is 1. The van der Waals surface area contributed by atoms with Crippen molar-refractivity contribution in [3.8, 4) is 33.9 Å². The van der Waals surface area contributed by atoms with Crippen LogP contribution in [0.25, 0.3) is 33.4 Å². The molecule has 1 saturated heterocycles. The van der Waals surface area contributed by atoms with Gasteiger partial charge in [-0.2, -0.15) is 15.0 Å². The molecule has 1 amide bonds. The Kier molecular flexibility index (Phi) is 10.3. The number of nitrogens with one attached hydrogen (secondary N) is 1. The van der Waals surface area contributed by atoms with Gasteiger partial charge in [0.2, 0.25) is 23.1 Å². The molecule has 0 saturated carbocycles. The average Bonchev–Trinajstić information content (AvgIpc) is 3.67. The molecule has 3 aliphatic rings. The highest BCUT2D eigenvalue weighted by molar-refractivity contribution is 6.28. The van der Waals surface area contributed by atoms with Gasteiger partial charge in [0.1, 0.15) is 28.9 Å². The Labute approximate surface area is 333 Å². The van der Waals surface area contributed by atoms with E-state index in [1.165, 1.54) is 35.0 Å². The maximum Gasteiger partial charge on any atom is 0.336 e. The first-order valence-corrected chi connectivity index (χ1v) is 18.5. The second kappa shape index (κ2) is 15.8. The summed E-state index contributed by atoms with van der Waals surface area (Å²) in [5.74, 6) is -0.806. The molecule has 1 aliphatic carbocycles. The molecular formula is C40H34ClN9O8. The number of aromatic nitrogens is 6. The molecule has 0 spiro atoms. The number of aromatic carboxylic acids is 1. The smallest absolute Gasteiger partial charge is 0.336 e. The summed E-state index contributed by atoms with van der Waals surface area (Å²) in [5.41, 5.74) is 2.97. The number of carboxylic acid groups (broad SMARTS) is 1. The molecule has 2 aromatic heterocycles. The third-order valence-electron chi connectivity index (χ3n) is 9.82. The molecule has 3 aromatic carbocycles. The van der Waals surface area contributed by atoms with Crippen molar-refractivity contribution in [2.45, 2.75) is 18.9 Å². The standard InChI is InChI=1S/C40H34ClN9O8/c41-38-43-39(42-23-3-8-28(31(18-23)37(56)57)35-29-9-6-26(53)19-33(29)58-34-20-27(54)7-10-30(34)35)45-40(44-38)49-14-12-48(13-15-49)36(55)32(17-22-1-4-25(52)5-2-22)50-21-24(11-16-51)46-47-50/h1-10,18-21,32,51-53H,11-17H2,(H,56,57)(H,42,43,44,45)/t32-/m0/s1. The van der Waals surface area contributed by atoms with Crippen LogP contribution < -0.4 is 15.6 Å². The Balaban J connectivity index is 1.02. The number of rotatable bonds is 11. The number of fused-ring (bicyclic) bond motifs is 2. The van der Waals surface area contributed by atoms with E-state index >= 15 is 0 Å². The number of phenolic OH excluding ortho intramolecular Hbond substituents is 2. The Bertz CT molecular complexity index is 2700. The van der Waals surface area contributed by atoms with Crippen molar-refractivity contribution in [2.24, 2.45) is 0 Å². The van der Waals surface area contributed by atoms with E-state index in [2.05, 4.69) is 30.6 Å². The zero-order valence-corrected chi connectivity index (χ0v) is 31.2. The van der Waals surface area contributed by atoms with Crippen LogP contribution in [0, 0.1) is 0 Å². The predicted molar refractivity (Wildman–Crippen MR) is 212 cm³/mol. The van der Waals surface area contributed by atoms with E-state index in [0.717, 1.165) is 5.56 Å². The van der Waals surface area contributed by atoms with Gasteiger partial charge in [-0.3, -0.25) is 9.59 Å². The topological polar surface area (TPSA) is 233 Å². The lowest BCUT2D eigenvalue weighted by molar-refractivity contribution is -0.135. The number of benzene rings is 4. The number of nitrogens with zero attached hydrogens (tertiary/aromatic N) is 8. The third-order valence-corrected chi connectivity index (χ3v) is 9.99. The molecule has 0 bridgehead atoms. The van der Waals surface area contributed by atoms with Gasteiger partial charge in [-0.1, -0.05) is 23.4 Å². The quantitative estimate of drug-likeness (QED) is 0.113. The van der Waals surface area contributed by atoms with Gasteiger partial charge in [0.05, 0.1) is 11.3 Å². The number of aliphatic hydroxyl groups is 1. The summed E-state index contributed by atoms with van der Waals surface area (Å²) in [6, 6.07) is 19.3. The van der Waals surface area contributed by atoms with E-state index in [4.69, 9.17) is 16.0 Å². The molecule has 18 heteroatoms. The molecule has 294 valence electrons. The number of carbonyl (C=O) groups excluding carboxylic acids is 1. The Morgan fingerprint density at radius 3 is 2.40 bits per heavy atom. The first-order valence-electron chi connectivity index (χ1n) is 18.1. The number of anilines is 3. The van der Waals surface area contributed by atoms with Crippen molar-refractivity contribution in [1.82, 2.24) is 34.8 Å². The van der Waals surface area contributed by atoms with E-state index in [-0.39, 0.29) is 63.5 Å². The largest absolute Gasteiger partial charge is 0.508 e. The third kappa shape index (κ3) is 7.80. The van der Waals surface area contributed by atoms with E-state index in [1.54, 1.807) is 59.6 Å². The zero-order chi connectivity index (χ0) is 40.5. The number of hydrogen-bond donors (Lipinski definition) is 5. The summed E-state index contributed by atoms with van der Waals surface area (Å²) in [5, 5.41) is 51.5. The minimum Gasteiger partial charge on any atom is -0.508 e. The van der Waals surface area contributed by atoms with E-state index in [9.17, 15) is 34.8 Å². The van der Waals surface area contributed by atoms with Crippen molar-refractivity contribution in [3.05, 3.63) is 117 Å². The molecule has 58 heavy (non-hydrogen) atoms. The zero-order valence-electron chi connectivity index (χ0n) is 30.5. The molecule has 5 aromatic rings. The monoisotopic (exact) mass is 803 g/mol. The van der Waals surface area contributed by atoms with Crippen LogP contribution in [0.4, 0.5) is 17.6 Å². The molecule has 5 N–H and O–H groups in total. The molecule has 1 fully saturated rings. The van der Waals surface area contributed by atoms with Crippen molar-refractivity contribution in [3.63, 3.8) is 0 Å². The lowest BCUT2D eigenvalue weighted by atomic mass is 9.90. The minimum atomic E-state index is -1.22. The fourth-order valence-corrected chi connectivity index (χ4v) is 7.17. The van der Waals surface area contributed by atoms with Gasteiger partial charge in [-0.15, -0.1) is 5.10 Å². The highest BCUT2D eigenvalue weighted by atomic mass is 35.5. The summed E-state index contributed by atoms with van der Waals surface area (Å²) in [6.07, 6.45) is 2.25. The minimum absolute atomic E-state index is 0.0590. The van der Waals surface area contributed by atoms with Crippen LogP contribution in [-0.2, 0) is 17.6 Å². The van der Waals surface area contributed by atoms with Crippen LogP contribution in [0.2, 0.25) is 5.28 Å². The van der Waals surface area contributed by atoms with Crippen molar-refractivity contribution >= 4 is 52.0 Å². The number of carbonyl (C=O) groups is 2. The first kappa shape index (κ1) is 37.8. The maximum absolute atomic E-state index is 14.0. The Hall–Kier alpha value is -7.11. The van der Waals surface area contributed by atoms with Crippen LogP contribution >= 0.6 is 11.6 Å². The lowest BCUT2D eigenvalue weighted by Crippen LogP contribution is -2.51. The van der Waals surface area contributed by atoms with E-state index in [1.807, 2.05) is 4.90 Å². The van der Waals surface area contributed by atoms with Crippen molar-refractivity contribution in [1.29, 1.82) is 0 Å². The summed E-state index contributed by atoms with van der Waals surface area (Å²) < 4.78 is 7.43. The number of carboxylic acids is 1. The summed E-state index contributed by atoms with van der Waals surface area (Å²) in [4.78, 5) is 55.7. The van der Waals surface area contributed by atoms with E-state index in [0.29, 0.717) is 72.5 Å². The second-order valence-corrected chi connectivity index (χ2v) is 13.9. The molecule has 17 nitrogen and oxygen atoms in total. The fraction of sp³-hybridized carbons (Fsp3) is 0.200. The van der Waals surface area contributed by atoms with Crippen molar-refractivity contribution in [2.75, 3.05) is 43.0 Å². The van der Waals surface area contributed by atoms with Crippen LogP contribution in [-0.4, -0.2) is 99.9 Å². The van der Waals surface area contributed by atoms with Gasteiger partial charge in [-0.25, -0.2) is 9.48 Å². The molecule has 1 atom stereocenters. The SMILES string of the molecule is O=C(O)c1cc(Nc2nc(Cl)nc(N3CCN(C(=O)[C@H](Cc4ccc(O)cc4)n4cc(CCO)nn4)CC3)n2)ccc1-c1c2ccc(=O)cc-2oc2cc(O)ccc12. The molecule has 2 aliphatic heterocycles. The number of hydrogen-bond acceptors (Lipinski definition) is 14. The number of halogens is 1. The number of aromatic hydroxyl groups is 2. The normalized spacial score (nSPS) is 13.6. The van der Waals surface area contributed by atoms with Crippen LogP contribution in [0.15, 0.2) is 94.3 Å².